The average molecular weight is 497 g/mol. The number of para-hydroxylation sites is 1. The van der Waals surface area contributed by atoms with E-state index in [1.807, 2.05) is 6.07 Å². The molecule has 4 rings (SSSR count). The van der Waals surface area contributed by atoms with Crippen molar-refractivity contribution in [2.45, 2.75) is 11.8 Å². The highest BCUT2D eigenvalue weighted by molar-refractivity contribution is 7.92. The van der Waals surface area contributed by atoms with Crippen LogP contribution in [0.1, 0.15) is 5.56 Å². The lowest BCUT2D eigenvalue weighted by atomic mass is 10.2. The molecule has 0 aliphatic rings. The fraction of sp³-hybridized carbons (Fsp3) is 0.125. The highest BCUT2D eigenvalue weighted by atomic mass is 35.5. The normalized spacial score (nSPS) is 11.9. The number of amides is 1. The van der Waals surface area contributed by atoms with Crippen molar-refractivity contribution in [2.75, 3.05) is 10.8 Å². The Labute approximate surface area is 201 Å². The first-order valence-electron chi connectivity index (χ1n) is 10.2. The van der Waals surface area contributed by atoms with Gasteiger partial charge in [-0.3, -0.25) is 9.10 Å². The molecule has 10 heteroatoms. The molecule has 8 nitrogen and oxygen atoms in total. The Bertz CT molecular complexity index is 1520. The fourth-order valence-electron chi connectivity index (χ4n) is 3.59. The highest BCUT2D eigenvalue weighted by Gasteiger charge is 2.28. The number of hydrogen-bond donors (Lipinski definition) is 1. The topological polar surface area (TPSA) is 104 Å². The van der Waals surface area contributed by atoms with E-state index < -0.39 is 22.5 Å². The summed E-state index contributed by atoms with van der Waals surface area (Å²) in [6.07, 6.45) is 0. The third-order valence-corrected chi connectivity index (χ3v) is 7.37. The molecule has 0 saturated heterocycles. The molecule has 0 unspecified atom stereocenters. The number of aryl methyl sites for hydroxylation is 2. The number of anilines is 1. The van der Waals surface area contributed by atoms with E-state index in [4.69, 9.17) is 11.6 Å². The summed E-state index contributed by atoms with van der Waals surface area (Å²) in [5.74, 6) is -0.969. The van der Waals surface area contributed by atoms with Crippen LogP contribution in [0.5, 0.6) is 5.88 Å². The zero-order valence-corrected chi connectivity index (χ0v) is 20.0. The van der Waals surface area contributed by atoms with E-state index in [-0.39, 0.29) is 22.2 Å². The number of halogens is 1. The summed E-state index contributed by atoms with van der Waals surface area (Å²) in [5.41, 5.74) is 1.71. The number of rotatable bonds is 6. The molecule has 1 amide bonds. The second-order valence-corrected chi connectivity index (χ2v) is 9.90. The van der Waals surface area contributed by atoms with Crippen molar-refractivity contribution in [1.29, 1.82) is 0 Å². The van der Waals surface area contributed by atoms with Crippen molar-refractivity contribution < 1.29 is 18.3 Å². The van der Waals surface area contributed by atoms with E-state index in [1.54, 1.807) is 62.5 Å². The lowest BCUT2D eigenvalue weighted by molar-refractivity contribution is -0.116. The van der Waals surface area contributed by atoms with E-state index in [9.17, 15) is 18.3 Å². The Hall–Kier alpha value is -3.69. The van der Waals surface area contributed by atoms with E-state index in [0.717, 1.165) is 4.31 Å². The summed E-state index contributed by atoms with van der Waals surface area (Å²) >= 11 is 6.13. The number of nitrogens with zero attached hydrogens (tertiary/aromatic N) is 4. The maximum Gasteiger partial charge on any atom is 0.285 e. The molecule has 0 spiro atoms. The molecule has 0 aliphatic carbocycles. The van der Waals surface area contributed by atoms with Crippen LogP contribution in [0.25, 0.3) is 10.9 Å². The van der Waals surface area contributed by atoms with Crippen LogP contribution in [0.2, 0.25) is 5.02 Å². The molecule has 1 N–H and O–H groups in total. The minimum Gasteiger partial charge on any atom is -0.493 e. The standard InChI is InChI=1S/C24H21ClN4O4S/c1-16-12-13-17(25)14-21(16)29(34(32,33)18-8-4-3-5-9-18)15-22(30)26-27-23-19-10-6-7-11-20(19)28(2)24(23)31/h3-14,31H,15H2,1-2H3. The predicted octanol–water partition coefficient (Wildman–Crippen LogP) is 5.35. The zero-order valence-electron chi connectivity index (χ0n) is 18.4. The van der Waals surface area contributed by atoms with Crippen LogP contribution in [0, 0.1) is 6.92 Å². The number of fused-ring (bicyclic) bond motifs is 1. The number of aromatic nitrogens is 1. The number of sulfonamides is 1. The molecule has 34 heavy (non-hydrogen) atoms. The number of benzene rings is 3. The molecule has 0 atom stereocenters. The maximum absolute atomic E-state index is 13.5. The quantitative estimate of drug-likeness (QED) is 0.363. The maximum atomic E-state index is 13.5. The van der Waals surface area contributed by atoms with Gasteiger partial charge in [0.15, 0.2) is 5.69 Å². The number of azo groups is 1. The first-order chi connectivity index (χ1) is 16.2. The summed E-state index contributed by atoms with van der Waals surface area (Å²) in [6.45, 7) is 1.12. The van der Waals surface area contributed by atoms with Crippen LogP contribution in [-0.2, 0) is 21.9 Å². The van der Waals surface area contributed by atoms with Gasteiger partial charge in [-0.15, -0.1) is 10.2 Å². The van der Waals surface area contributed by atoms with Gasteiger partial charge < -0.3 is 9.67 Å². The molecule has 0 radical (unpaired) electrons. The molecule has 0 fully saturated rings. The highest BCUT2D eigenvalue weighted by Crippen LogP contribution is 2.38. The molecule has 0 bridgehead atoms. The van der Waals surface area contributed by atoms with Gasteiger partial charge in [0, 0.05) is 17.5 Å². The molecule has 1 heterocycles. The van der Waals surface area contributed by atoms with Gasteiger partial charge in [-0.1, -0.05) is 54.1 Å². The van der Waals surface area contributed by atoms with Crippen molar-refractivity contribution in [3.8, 4) is 5.88 Å². The van der Waals surface area contributed by atoms with Crippen LogP contribution in [-0.4, -0.2) is 30.5 Å². The van der Waals surface area contributed by atoms with E-state index >= 15 is 0 Å². The van der Waals surface area contributed by atoms with Gasteiger partial charge in [0.05, 0.1) is 16.1 Å². The molecule has 4 aromatic rings. The van der Waals surface area contributed by atoms with Gasteiger partial charge in [0.25, 0.3) is 15.9 Å². The molecule has 0 saturated carbocycles. The van der Waals surface area contributed by atoms with E-state index in [2.05, 4.69) is 10.2 Å². The van der Waals surface area contributed by atoms with Crippen LogP contribution in [0.4, 0.5) is 11.4 Å². The summed E-state index contributed by atoms with van der Waals surface area (Å²) in [7, 11) is -2.45. The summed E-state index contributed by atoms with van der Waals surface area (Å²) in [4.78, 5) is 12.9. The molecular formula is C24H21ClN4O4S. The smallest absolute Gasteiger partial charge is 0.285 e. The van der Waals surface area contributed by atoms with Gasteiger partial charge in [0.2, 0.25) is 5.88 Å². The Kier molecular flexibility index (Phi) is 6.41. The fourth-order valence-corrected chi connectivity index (χ4v) is 5.25. The van der Waals surface area contributed by atoms with Crippen molar-refractivity contribution >= 4 is 49.8 Å². The molecule has 174 valence electrons. The Balaban J connectivity index is 1.72. The van der Waals surface area contributed by atoms with Crippen LogP contribution in [0.3, 0.4) is 0 Å². The minimum atomic E-state index is -4.11. The van der Waals surface area contributed by atoms with Crippen molar-refractivity contribution in [3.05, 3.63) is 83.4 Å². The summed E-state index contributed by atoms with van der Waals surface area (Å²) in [6, 6.07) is 19.7. The third-order valence-electron chi connectivity index (χ3n) is 5.36. The first-order valence-corrected chi connectivity index (χ1v) is 12.1. The van der Waals surface area contributed by atoms with Gasteiger partial charge >= 0.3 is 0 Å². The van der Waals surface area contributed by atoms with Gasteiger partial charge in [-0.05, 0) is 42.8 Å². The van der Waals surface area contributed by atoms with Crippen LogP contribution >= 0.6 is 11.6 Å². The minimum absolute atomic E-state index is 0.0193. The molecular weight excluding hydrogens is 476 g/mol. The summed E-state index contributed by atoms with van der Waals surface area (Å²) in [5, 5.41) is 19.0. The Morgan fingerprint density at radius 2 is 1.74 bits per heavy atom. The Morgan fingerprint density at radius 3 is 2.47 bits per heavy atom. The molecule has 3 aromatic carbocycles. The number of hydrogen-bond acceptors (Lipinski definition) is 5. The van der Waals surface area contributed by atoms with Gasteiger partial charge in [-0.2, -0.15) is 0 Å². The number of carbonyl (C=O) groups is 1. The monoisotopic (exact) mass is 496 g/mol. The largest absolute Gasteiger partial charge is 0.493 e. The number of aromatic hydroxyl groups is 1. The lowest BCUT2D eigenvalue weighted by Gasteiger charge is -2.24. The number of carbonyl (C=O) groups excluding carboxylic acids is 1. The SMILES string of the molecule is Cc1ccc(Cl)cc1N(CC(=O)N=Nc1c(O)n(C)c2ccccc12)S(=O)(=O)c1ccccc1. The van der Waals surface area contributed by atoms with Crippen LogP contribution < -0.4 is 4.31 Å². The van der Waals surface area contributed by atoms with Crippen molar-refractivity contribution in [2.24, 2.45) is 17.3 Å². The van der Waals surface area contributed by atoms with Crippen molar-refractivity contribution in [1.82, 2.24) is 4.57 Å². The van der Waals surface area contributed by atoms with E-state index in [1.165, 1.54) is 22.8 Å². The van der Waals surface area contributed by atoms with Gasteiger partial charge in [0.1, 0.15) is 6.54 Å². The predicted molar refractivity (Wildman–Crippen MR) is 131 cm³/mol. The lowest BCUT2D eigenvalue weighted by Crippen LogP contribution is -2.35. The van der Waals surface area contributed by atoms with Crippen molar-refractivity contribution in [3.63, 3.8) is 0 Å². The van der Waals surface area contributed by atoms with Crippen LogP contribution in [0.15, 0.2) is 87.9 Å². The first kappa shape index (κ1) is 23.5. The third kappa shape index (κ3) is 4.40. The molecule has 0 aliphatic heterocycles. The van der Waals surface area contributed by atoms with Gasteiger partial charge in [-0.25, -0.2) is 8.42 Å². The average Bonchev–Trinajstić information content (AvgIpc) is 3.08. The van der Waals surface area contributed by atoms with E-state index in [0.29, 0.717) is 21.5 Å². The second-order valence-electron chi connectivity index (χ2n) is 7.60. The summed E-state index contributed by atoms with van der Waals surface area (Å²) < 4.78 is 29.4. The molecule has 1 aromatic heterocycles. The Morgan fingerprint density at radius 1 is 1.06 bits per heavy atom. The zero-order chi connectivity index (χ0) is 24.5. The second kappa shape index (κ2) is 9.28.